The van der Waals surface area contributed by atoms with E-state index >= 15 is 0 Å². The zero-order valence-electron chi connectivity index (χ0n) is 11.4. The highest BCUT2D eigenvalue weighted by Gasteiger charge is 2.23. The van der Waals surface area contributed by atoms with Gasteiger partial charge in [0.2, 0.25) is 10.0 Å². The second-order valence-electron chi connectivity index (χ2n) is 4.59. The minimum Gasteiger partial charge on any atom is -0.351 e. The molecule has 0 aliphatic carbocycles. The number of thioether (sulfide) groups is 1. The molecule has 1 aromatic carbocycles. The largest absolute Gasteiger partial charge is 0.351 e. The molecule has 0 unspecified atom stereocenters. The SMILES string of the molecule is O=C(NCCS(=O)(=O)N1CCSCC1)c1cccc(F)c1. The molecule has 8 heteroatoms. The van der Waals surface area contributed by atoms with Crippen molar-refractivity contribution in [2.75, 3.05) is 36.9 Å². The summed E-state index contributed by atoms with van der Waals surface area (Å²) in [5, 5.41) is 2.50. The van der Waals surface area contributed by atoms with E-state index in [1.165, 1.54) is 22.5 Å². The molecule has 2 rings (SSSR count). The predicted octanol–water partition coefficient (Wildman–Crippen LogP) is 0.934. The number of amides is 1. The van der Waals surface area contributed by atoms with E-state index in [9.17, 15) is 17.6 Å². The van der Waals surface area contributed by atoms with Crippen molar-refractivity contribution in [3.63, 3.8) is 0 Å². The van der Waals surface area contributed by atoms with Crippen LogP contribution in [0.2, 0.25) is 0 Å². The summed E-state index contributed by atoms with van der Waals surface area (Å²) in [5.41, 5.74) is 0.182. The second kappa shape index (κ2) is 7.24. The monoisotopic (exact) mass is 332 g/mol. The zero-order valence-corrected chi connectivity index (χ0v) is 13.1. The lowest BCUT2D eigenvalue weighted by Crippen LogP contribution is -2.41. The molecule has 1 N–H and O–H groups in total. The Kier molecular flexibility index (Phi) is 5.60. The summed E-state index contributed by atoms with van der Waals surface area (Å²) < 4.78 is 38.6. The van der Waals surface area contributed by atoms with Crippen LogP contribution < -0.4 is 5.32 Å². The molecule has 1 amide bonds. The van der Waals surface area contributed by atoms with Crippen molar-refractivity contribution < 1.29 is 17.6 Å². The van der Waals surface area contributed by atoms with Crippen LogP contribution in [0, 0.1) is 5.82 Å². The summed E-state index contributed by atoms with van der Waals surface area (Å²) in [6.45, 7) is 1.05. The van der Waals surface area contributed by atoms with Gasteiger partial charge in [-0.05, 0) is 18.2 Å². The lowest BCUT2D eigenvalue weighted by molar-refractivity contribution is 0.0955. The van der Waals surface area contributed by atoms with Crippen LogP contribution in [0.25, 0.3) is 0 Å². The van der Waals surface area contributed by atoms with E-state index in [0.717, 1.165) is 17.6 Å². The Morgan fingerprint density at radius 3 is 2.71 bits per heavy atom. The first-order chi connectivity index (χ1) is 9.99. The lowest BCUT2D eigenvalue weighted by Gasteiger charge is -2.25. The first-order valence-electron chi connectivity index (χ1n) is 6.58. The van der Waals surface area contributed by atoms with Gasteiger partial charge in [-0.1, -0.05) is 6.07 Å². The van der Waals surface area contributed by atoms with Gasteiger partial charge in [-0.2, -0.15) is 11.8 Å². The molecule has 0 saturated carbocycles. The fourth-order valence-electron chi connectivity index (χ4n) is 1.98. The molecule has 0 bridgehead atoms. The van der Waals surface area contributed by atoms with Gasteiger partial charge in [-0.15, -0.1) is 0 Å². The van der Waals surface area contributed by atoms with Crippen molar-refractivity contribution in [3.05, 3.63) is 35.6 Å². The Balaban J connectivity index is 1.84. The molecular weight excluding hydrogens is 315 g/mol. The molecule has 0 aromatic heterocycles. The van der Waals surface area contributed by atoms with Crippen LogP contribution in [-0.4, -0.2) is 55.5 Å². The number of sulfonamides is 1. The van der Waals surface area contributed by atoms with Crippen LogP contribution in [0.1, 0.15) is 10.4 Å². The smallest absolute Gasteiger partial charge is 0.251 e. The summed E-state index contributed by atoms with van der Waals surface area (Å²) in [6.07, 6.45) is 0. The number of rotatable bonds is 5. The minimum absolute atomic E-state index is 0.0152. The molecule has 1 aliphatic rings. The maximum Gasteiger partial charge on any atom is 0.251 e. The quantitative estimate of drug-likeness (QED) is 0.871. The van der Waals surface area contributed by atoms with Crippen LogP contribution in [0.4, 0.5) is 4.39 Å². The van der Waals surface area contributed by atoms with Crippen LogP contribution in [0.15, 0.2) is 24.3 Å². The standard InChI is InChI=1S/C13H17FN2O3S2/c14-12-3-1-2-11(10-12)13(17)15-4-9-21(18,19)16-5-7-20-8-6-16/h1-3,10H,4-9H2,(H,15,17). The van der Waals surface area contributed by atoms with Crippen molar-refractivity contribution >= 4 is 27.7 Å². The average molecular weight is 332 g/mol. The minimum atomic E-state index is -3.34. The third-order valence-electron chi connectivity index (χ3n) is 3.10. The third-order valence-corrected chi connectivity index (χ3v) is 5.91. The Morgan fingerprint density at radius 2 is 2.05 bits per heavy atom. The Labute approximate surface area is 128 Å². The van der Waals surface area contributed by atoms with Crippen LogP contribution in [0.3, 0.4) is 0 Å². The van der Waals surface area contributed by atoms with Gasteiger partial charge in [-0.3, -0.25) is 4.79 Å². The zero-order chi connectivity index (χ0) is 15.3. The first-order valence-corrected chi connectivity index (χ1v) is 9.35. The normalized spacial score (nSPS) is 16.6. The highest BCUT2D eigenvalue weighted by atomic mass is 32.2. The number of nitrogens with zero attached hydrogens (tertiary/aromatic N) is 1. The predicted molar refractivity (Wildman–Crippen MR) is 81.4 cm³/mol. The molecule has 1 aromatic rings. The van der Waals surface area contributed by atoms with Gasteiger partial charge in [-0.25, -0.2) is 17.1 Å². The Morgan fingerprint density at radius 1 is 1.33 bits per heavy atom. The highest BCUT2D eigenvalue weighted by Crippen LogP contribution is 2.13. The third kappa shape index (κ3) is 4.69. The van der Waals surface area contributed by atoms with E-state index in [0.29, 0.717) is 13.1 Å². The van der Waals surface area contributed by atoms with Gasteiger partial charge in [0.25, 0.3) is 5.91 Å². The van der Waals surface area contributed by atoms with Crippen molar-refractivity contribution in [2.45, 2.75) is 0 Å². The van der Waals surface area contributed by atoms with Gasteiger partial charge in [0.1, 0.15) is 5.82 Å². The Hall–Kier alpha value is -1.12. The molecule has 1 fully saturated rings. The van der Waals surface area contributed by atoms with E-state index in [1.54, 1.807) is 11.8 Å². The van der Waals surface area contributed by atoms with E-state index < -0.39 is 21.7 Å². The lowest BCUT2D eigenvalue weighted by atomic mass is 10.2. The van der Waals surface area contributed by atoms with Gasteiger partial charge in [0.15, 0.2) is 0 Å². The average Bonchev–Trinajstić information content (AvgIpc) is 2.48. The number of halogens is 1. The molecule has 1 heterocycles. The molecule has 1 saturated heterocycles. The molecule has 5 nitrogen and oxygen atoms in total. The van der Waals surface area contributed by atoms with Crippen molar-refractivity contribution in [2.24, 2.45) is 0 Å². The fourth-order valence-corrected chi connectivity index (χ4v) is 4.47. The van der Waals surface area contributed by atoms with Gasteiger partial charge >= 0.3 is 0 Å². The van der Waals surface area contributed by atoms with Crippen molar-refractivity contribution in [3.8, 4) is 0 Å². The van der Waals surface area contributed by atoms with Crippen LogP contribution >= 0.6 is 11.8 Å². The summed E-state index contributed by atoms with van der Waals surface area (Å²) in [4.78, 5) is 11.8. The second-order valence-corrected chi connectivity index (χ2v) is 7.91. The van der Waals surface area contributed by atoms with Crippen molar-refractivity contribution in [1.29, 1.82) is 0 Å². The van der Waals surface area contributed by atoms with Gasteiger partial charge in [0.05, 0.1) is 5.75 Å². The summed E-state index contributed by atoms with van der Waals surface area (Å²) in [7, 11) is -3.34. The van der Waals surface area contributed by atoms with Crippen LogP contribution in [-0.2, 0) is 10.0 Å². The maximum atomic E-state index is 13.0. The molecule has 0 atom stereocenters. The van der Waals surface area contributed by atoms with Gasteiger partial charge in [0, 0.05) is 36.7 Å². The Bertz CT molecular complexity index is 601. The number of benzene rings is 1. The number of carbonyl (C=O) groups is 1. The number of hydrogen-bond acceptors (Lipinski definition) is 4. The van der Waals surface area contributed by atoms with E-state index in [4.69, 9.17) is 0 Å². The summed E-state index contributed by atoms with van der Waals surface area (Å²) >= 11 is 1.73. The maximum absolute atomic E-state index is 13.0. The number of carbonyl (C=O) groups excluding carboxylic acids is 1. The van der Waals surface area contributed by atoms with E-state index in [1.807, 2.05) is 0 Å². The van der Waals surface area contributed by atoms with Crippen molar-refractivity contribution in [1.82, 2.24) is 9.62 Å². The molecule has 1 aliphatic heterocycles. The highest BCUT2D eigenvalue weighted by molar-refractivity contribution is 7.99. The first kappa shape index (κ1) is 16.3. The van der Waals surface area contributed by atoms with E-state index in [-0.39, 0.29) is 17.9 Å². The summed E-state index contributed by atoms with van der Waals surface area (Å²) in [5.74, 6) is 0.489. The van der Waals surface area contributed by atoms with Gasteiger partial charge < -0.3 is 5.32 Å². The summed E-state index contributed by atoms with van der Waals surface area (Å²) in [6, 6.07) is 5.28. The topological polar surface area (TPSA) is 66.5 Å². The van der Waals surface area contributed by atoms with E-state index in [2.05, 4.69) is 5.32 Å². The molecule has 0 radical (unpaired) electrons. The van der Waals surface area contributed by atoms with Crippen LogP contribution in [0.5, 0.6) is 0 Å². The molecule has 21 heavy (non-hydrogen) atoms. The number of hydrogen-bond donors (Lipinski definition) is 1. The number of nitrogens with one attached hydrogen (secondary N) is 1. The molecule has 0 spiro atoms. The molecular formula is C13H17FN2O3S2. The molecule has 116 valence electrons. The fraction of sp³-hybridized carbons (Fsp3) is 0.462.